The highest BCUT2D eigenvalue weighted by molar-refractivity contribution is 7.10. The van der Waals surface area contributed by atoms with Crippen LogP contribution in [0.15, 0.2) is 28.2 Å². The standard InChI is InChI=1S/C13H19N3OS/c1-4-14-8-11-9-17-13(15-11)16(3)10(2)12-6-5-7-18-12/h5-7,9-10,14H,4,8H2,1-3H3. The average Bonchev–Trinajstić information content (AvgIpc) is 3.05. The highest BCUT2D eigenvalue weighted by Crippen LogP contribution is 2.27. The highest BCUT2D eigenvalue weighted by atomic mass is 32.1. The van der Waals surface area contributed by atoms with Crippen molar-refractivity contribution in [1.82, 2.24) is 10.3 Å². The van der Waals surface area contributed by atoms with E-state index in [-0.39, 0.29) is 6.04 Å². The van der Waals surface area contributed by atoms with E-state index >= 15 is 0 Å². The third-order valence-corrected chi connectivity index (χ3v) is 3.98. The molecule has 2 aromatic rings. The summed E-state index contributed by atoms with van der Waals surface area (Å²) in [4.78, 5) is 7.85. The lowest BCUT2D eigenvalue weighted by Crippen LogP contribution is -2.21. The van der Waals surface area contributed by atoms with Crippen LogP contribution in [0.1, 0.15) is 30.5 Å². The molecule has 2 heterocycles. The summed E-state index contributed by atoms with van der Waals surface area (Å²) in [6, 6.07) is 5.14. The van der Waals surface area contributed by atoms with Crippen LogP contribution in [-0.4, -0.2) is 18.6 Å². The van der Waals surface area contributed by atoms with E-state index in [0.717, 1.165) is 18.8 Å². The number of anilines is 1. The zero-order valence-corrected chi connectivity index (χ0v) is 11.8. The minimum atomic E-state index is 0.274. The summed E-state index contributed by atoms with van der Waals surface area (Å²) in [6.45, 7) is 5.91. The third-order valence-electron chi connectivity index (χ3n) is 2.93. The molecule has 1 atom stereocenters. The van der Waals surface area contributed by atoms with E-state index in [9.17, 15) is 0 Å². The predicted molar refractivity (Wildman–Crippen MR) is 75.0 cm³/mol. The first-order valence-corrected chi connectivity index (χ1v) is 7.01. The number of oxazole rings is 1. The van der Waals surface area contributed by atoms with E-state index < -0.39 is 0 Å². The van der Waals surface area contributed by atoms with Gasteiger partial charge in [-0.3, -0.25) is 0 Å². The van der Waals surface area contributed by atoms with Crippen molar-refractivity contribution in [2.24, 2.45) is 0 Å². The first-order chi connectivity index (χ1) is 8.72. The van der Waals surface area contributed by atoms with Gasteiger partial charge in [0.1, 0.15) is 6.26 Å². The minimum absolute atomic E-state index is 0.274. The van der Waals surface area contributed by atoms with Gasteiger partial charge in [-0.1, -0.05) is 13.0 Å². The van der Waals surface area contributed by atoms with Gasteiger partial charge in [0.05, 0.1) is 11.7 Å². The Morgan fingerprint density at radius 2 is 2.39 bits per heavy atom. The van der Waals surface area contributed by atoms with Gasteiger partial charge in [-0.05, 0) is 24.9 Å². The molecule has 1 N–H and O–H groups in total. The summed E-state index contributed by atoms with van der Waals surface area (Å²) in [5, 5.41) is 5.32. The first kappa shape index (κ1) is 13.1. The van der Waals surface area contributed by atoms with E-state index in [2.05, 4.69) is 46.6 Å². The molecular formula is C13H19N3OS. The molecule has 4 nitrogen and oxygen atoms in total. The molecule has 0 saturated carbocycles. The van der Waals surface area contributed by atoms with Crippen LogP contribution in [0.4, 0.5) is 6.01 Å². The predicted octanol–water partition coefficient (Wildman–Crippen LogP) is 3.04. The number of rotatable bonds is 6. The fourth-order valence-corrected chi connectivity index (χ4v) is 2.50. The van der Waals surface area contributed by atoms with Crippen LogP contribution in [-0.2, 0) is 6.54 Å². The topological polar surface area (TPSA) is 41.3 Å². The Morgan fingerprint density at radius 1 is 1.56 bits per heavy atom. The van der Waals surface area contributed by atoms with Gasteiger partial charge in [-0.15, -0.1) is 11.3 Å². The molecule has 0 aliphatic carbocycles. The van der Waals surface area contributed by atoms with Gasteiger partial charge in [-0.25, -0.2) is 0 Å². The van der Waals surface area contributed by atoms with Crippen molar-refractivity contribution < 1.29 is 4.42 Å². The van der Waals surface area contributed by atoms with Crippen LogP contribution in [0, 0.1) is 0 Å². The van der Waals surface area contributed by atoms with Crippen molar-refractivity contribution in [1.29, 1.82) is 0 Å². The summed E-state index contributed by atoms with van der Waals surface area (Å²) in [5.74, 6) is 0. The molecule has 2 aromatic heterocycles. The fourth-order valence-electron chi connectivity index (χ4n) is 1.68. The number of aromatic nitrogens is 1. The second-order valence-electron chi connectivity index (χ2n) is 4.20. The van der Waals surface area contributed by atoms with Gasteiger partial charge in [0.15, 0.2) is 0 Å². The molecule has 98 valence electrons. The smallest absolute Gasteiger partial charge is 0.297 e. The Morgan fingerprint density at radius 3 is 3.06 bits per heavy atom. The second-order valence-corrected chi connectivity index (χ2v) is 5.18. The molecule has 2 rings (SSSR count). The molecule has 18 heavy (non-hydrogen) atoms. The third kappa shape index (κ3) is 2.91. The van der Waals surface area contributed by atoms with E-state index in [4.69, 9.17) is 4.42 Å². The molecule has 1 unspecified atom stereocenters. The largest absolute Gasteiger partial charge is 0.432 e. The number of thiophene rings is 1. The van der Waals surface area contributed by atoms with Crippen molar-refractivity contribution in [3.8, 4) is 0 Å². The van der Waals surface area contributed by atoms with E-state index in [1.54, 1.807) is 17.6 Å². The molecule has 5 heteroatoms. The molecule has 0 aliphatic heterocycles. The Balaban J connectivity index is 2.04. The van der Waals surface area contributed by atoms with Crippen LogP contribution in [0.25, 0.3) is 0 Å². The molecule has 0 radical (unpaired) electrons. The van der Waals surface area contributed by atoms with E-state index in [1.807, 2.05) is 7.05 Å². The quantitative estimate of drug-likeness (QED) is 0.871. The molecule has 0 fully saturated rings. The maximum absolute atomic E-state index is 5.52. The lowest BCUT2D eigenvalue weighted by Gasteiger charge is -2.21. The number of hydrogen-bond donors (Lipinski definition) is 1. The monoisotopic (exact) mass is 265 g/mol. The van der Waals surface area contributed by atoms with E-state index in [0.29, 0.717) is 6.01 Å². The summed E-state index contributed by atoms with van der Waals surface area (Å²) < 4.78 is 5.52. The number of nitrogens with one attached hydrogen (secondary N) is 1. The first-order valence-electron chi connectivity index (χ1n) is 6.13. The molecule has 0 amide bonds. The fraction of sp³-hybridized carbons (Fsp3) is 0.462. The van der Waals surface area contributed by atoms with Gasteiger partial charge >= 0.3 is 0 Å². The summed E-state index contributed by atoms with van der Waals surface area (Å²) in [5.41, 5.74) is 0.942. The Bertz CT molecular complexity index is 466. The second kappa shape index (κ2) is 6.02. The Hall–Kier alpha value is -1.33. The summed E-state index contributed by atoms with van der Waals surface area (Å²) in [7, 11) is 2.01. The van der Waals surface area contributed by atoms with Crippen LogP contribution < -0.4 is 10.2 Å². The van der Waals surface area contributed by atoms with Gasteiger partial charge in [0.2, 0.25) is 0 Å². The number of hydrogen-bond acceptors (Lipinski definition) is 5. The van der Waals surface area contributed by atoms with Crippen molar-refractivity contribution in [3.63, 3.8) is 0 Å². The summed E-state index contributed by atoms with van der Waals surface area (Å²) in [6.07, 6.45) is 1.72. The van der Waals surface area contributed by atoms with Crippen molar-refractivity contribution in [3.05, 3.63) is 34.3 Å². The molecule has 0 aromatic carbocycles. The number of nitrogens with zero attached hydrogens (tertiary/aromatic N) is 2. The van der Waals surface area contributed by atoms with Gasteiger partial charge in [0, 0.05) is 18.5 Å². The molecule has 0 spiro atoms. The lowest BCUT2D eigenvalue weighted by atomic mass is 10.2. The van der Waals surface area contributed by atoms with Gasteiger partial charge in [0.25, 0.3) is 6.01 Å². The SMILES string of the molecule is CCNCc1coc(N(C)C(C)c2cccs2)n1. The zero-order chi connectivity index (χ0) is 13.0. The zero-order valence-electron chi connectivity index (χ0n) is 11.0. The van der Waals surface area contributed by atoms with Crippen molar-refractivity contribution in [2.45, 2.75) is 26.4 Å². The molecule has 0 aliphatic rings. The molecule has 0 bridgehead atoms. The summed E-state index contributed by atoms with van der Waals surface area (Å²) >= 11 is 1.75. The highest BCUT2D eigenvalue weighted by Gasteiger charge is 2.17. The molecular weight excluding hydrogens is 246 g/mol. The van der Waals surface area contributed by atoms with Crippen molar-refractivity contribution in [2.75, 3.05) is 18.5 Å². The Labute approximate surface area is 112 Å². The van der Waals surface area contributed by atoms with Crippen LogP contribution in [0.2, 0.25) is 0 Å². The minimum Gasteiger partial charge on any atom is -0.432 e. The lowest BCUT2D eigenvalue weighted by molar-refractivity contribution is 0.527. The van der Waals surface area contributed by atoms with Crippen LogP contribution >= 0.6 is 11.3 Å². The normalized spacial score (nSPS) is 12.6. The maximum Gasteiger partial charge on any atom is 0.297 e. The average molecular weight is 265 g/mol. The van der Waals surface area contributed by atoms with Crippen LogP contribution in [0.3, 0.4) is 0 Å². The van der Waals surface area contributed by atoms with Gasteiger partial charge < -0.3 is 14.6 Å². The van der Waals surface area contributed by atoms with Gasteiger partial charge in [-0.2, -0.15) is 4.98 Å². The van der Waals surface area contributed by atoms with Crippen LogP contribution in [0.5, 0.6) is 0 Å². The van der Waals surface area contributed by atoms with E-state index in [1.165, 1.54) is 4.88 Å². The van der Waals surface area contributed by atoms with Crippen molar-refractivity contribution >= 4 is 17.4 Å². The molecule has 0 saturated heterocycles. The maximum atomic E-state index is 5.52. The Kier molecular flexibility index (Phi) is 4.38.